The summed E-state index contributed by atoms with van der Waals surface area (Å²) in [4.78, 5) is 13.5. The number of amides is 1. The Morgan fingerprint density at radius 3 is 2.90 bits per heavy atom. The number of nitrogen functional groups attached to an aromatic ring is 1. The summed E-state index contributed by atoms with van der Waals surface area (Å²) in [5, 5.41) is 0.460. The number of nitrogens with two attached hydrogens (primary N) is 1. The fourth-order valence-corrected chi connectivity index (χ4v) is 2.54. The Morgan fingerprint density at radius 2 is 2.20 bits per heavy atom. The molecule has 1 amide bonds. The number of hydrogen-bond acceptors (Lipinski definition) is 3. The zero-order valence-corrected chi connectivity index (χ0v) is 12.5. The van der Waals surface area contributed by atoms with Crippen molar-refractivity contribution in [1.29, 1.82) is 0 Å². The van der Waals surface area contributed by atoms with Crippen LogP contribution in [0.15, 0.2) is 18.2 Å². The first-order valence-corrected chi connectivity index (χ1v) is 7.52. The van der Waals surface area contributed by atoms with Crippen LogP contribution in [0.25, 0.3) is 0 Å². The molecule has 1 aliphatic rings. The van der Waals surface area contributed by atoms with Crippen molar-refractivity contribution in [1.82, 2.24) is 0 Å². The van der Waals surface area contributed by atoms with Crippen LogP contribution in [0.2, 0.25) is 5.02 Å². The molecule has 0 aromatic heterocycles. The van der Waals surface area contributed by atoms with Crippen molar-refractivity contribution in [2.75, 3.05) is 17.2 Å². The van der Waals surface area contributed by atoms with Gasteiger partial charge in [-0.25, -0.2) is 4.79 Å². The highest BCUT2D eigenvalue weighted by Crippen LogP contribution is 2.29. The van der Waals surface area contributed by atoms with Crippen LogP contribution in [0.3, 0.4) is 0 Å². The Bertz CT molecular complexity index is 479. The van der Waals surface area contributed by atoms with E-state index in [9.17, 15) is 4.79 Å². The number of benzene rings is 1. The lowest BCUT2D eigenvalue weighted by Gasteiger charge is -2.13. The molecule has 1 aromatic rings. The van der Waals surface area contributed by atoms with Crippen LogP contribution in [-0.4, -0.2) is 18.7 Å². The predicted octanol–water partition coefficient (Wildman–Crippen LogP) is 4.22. The van der Waals surface area contributed by atoms with Crippen molar-refractivity contribution in [3.63, 3.8) is 0 Å². The fraction of sp³-hybridized carbons (Fsp3) is 0.533. The number of anilines is 2. The van der Waals surface area contributed by atoms with Crippen molar-refractivity contribution in [2.45, 2.75) is 45.1 Å². The van der Waals surface area contributed by atoms with Crippen molar-refractivity contribution in [3.05, 3.63) is 23.2 Å². The van der Waals surface area contributed by atoms with Gasteiger partial charge in [-0.1, -0.05) is 37.8 Å². The second-order valence-electron chi connectivity index (χ2n) is 5.17. The van der Waals surface area contributed by atoms with Gasteiger partial charge in [-0.15, -0.1) is 0 Å². The summed E-state index contributed by atoms with van der Waals surface area (Å²) < 4.78 is 5.39. The van der Waals surface area contributed by atoms with E-state index < -0.39 is 0 Å². The topological polar surface area (TPSA) is 55.6 Å². The number of hydrogen-bond donors (Lipinski definition) is 1. The molecule has 0 aliphatic carbocycles. The van der Waals surface area contributed by atoms with Crippen LogP contribution in [0.5, 0.6) is 0 Å². The highest BCUT2D eigenvalue weighted by Gasteiger charge is 2.31. The van der Waals surface area contributed by atoms with Crippen LogP contribution in [0, 0.1) is 0 Å². The molecule has 0 radical (unpaired) electrons. The van der Waals surface area contributed by atoms with E-state index in [1.165, 1.54) is 19.3 Å². The highest BCUT2D eigenvalue weighted by molar-refractivity contribution is 6.33. The molecule has 2 N–H and O–H groups in total. The second kappa shape index (κ2) is 6.84. The predicted molar refractivity (Wildman–Crippen MR) is 82.2 cm³/mol. The molecule has 1 unspecified atom stereocenters. The first-order chi connectivity index (χ1) is 9.61. The van der Waals surface area contributed by atoms with Gasteiger partial charge in [0.05, 0.1) is 17.3 Å². The van der Waals surface area contributed by atoms with E-state index >= 15 is 0 Å². The van der Waals surface area contributed by atoms with Crippen LogP contribution in [0.1, 0.15) is 39.0 Å². The Labute approximate surface area is 124 Å². The lowest BCUT2D eigenvalue weighted by atomic mass is 10.1. The van der Waals surface area contributed by atoms with Crippen LogP contribution >= 0.6 is 11.6 Å². The Morgan fingerprint density at radius 1 is 1.40 bits per heavy atom. The zero-order valence-electron chi connectivity index (χ0n) is 11.8. The van der Waals surface area contributed by atoms with Crippen LogP contribution in [0.4, 0.5) is 16.2 Å². The molecular formula is C15H21ClN2O2. The van der Waals surface area contributed by atoms with E-state index in [4.69, 9.17) is 22.1 Å². The number of ether oxygens (including phenoxy) is 1. The first-order valence-electron chi connectivity index (χ1n) is 7.15. The number of cyclic esters (lactones) is 1. The lowest BCUT2D eigenvalue weighted by molar-refractivity contribution is 0.135. The van der Waals surface area contributed by atoms with Crippen LogP contribution < -0.4 is 10.6 Å². The van der Waals surface area contributed by atoms with Gasteiger partial charge in [-0.3, -0.25) is 4.90 Å². The van der Waals surface area contributed by atoms with Crippen molar-refractivity contribution in [2.24, 2.45) is 0 Å². The van der Waals surface area contributed by atoms with Crippen molar-refractivity contribution in [3.8, 4) is 0 Å². The third-order valence-electron chi connectivity index (χ3n) is 3.55. The summed E-state index contributed by atoms with van der Waals surface area (Å²) in [5.74, 6) is 0. The number of carbonyl (C=O) groups is 1. The minimum Gasteiger partial charge on any atom is -0.444 e. The molecule has 1 aliphatic heterocycles. The van der Waals surface area contributed by atoms with Gasteiger partial charge >= 0.3 is 6.09 Å². The summed E-state index contributed by atoms with van der Waals surface area (Å²) in [6.07, 6.45) is 5.34. The third kappa shape index (κ3) is 3.57. The molecule has 1 saturated heterocycles. The summed E-state index contributed by atoms with van der Waals surface area (Å²) >= 11 is 5.99. The van der Waals surface area contributed by atoms with Crippen LogP contribution in [-0.2, 0) is 4.74 Å². The Balaban J connectivity index is 1.93. The number of unbranched alkanes of at least 4 members (excludes halogenated alkanes) is 3. The van der Waals surface area contributed by atoms with E-state index in [2.05, 4.69) is 6.92 Å². The molecule has 5 heteroatoms. The molecule has 0 saturated carbocycles. The molecule has 20 heavy (non-hydrogen) atoms. The number of halogens is 1. The maximum absolute atomic E-state index is 11.9. The van der Waals surface area contributed by atoms with Gasteiger partial charge in [-0.2, -0.15) is 0 Å². The summed E-state index contributed by atoms with van der Waals surface area (Å²) in [6, 6.07) is 5.21. The van der Waals surface area contributed by atoms with Gasteiger partial charge in [-0.05, 0) is 31.0 Å². The normalized spacial score (nSPS) is 18.4. The minimum absolute atomic E-state index is 0.0179. The van der Waals surface area contributed by atoms with E-state index in [-0.39, 0.29) is 12.2 Å². The summed E-state index contributed by atoms with van der Waals surface area (Å²) in [7, 11) is 0. The first kappa shape index (κ1) is 15.0. The maximum atomic E-state index is 11.9. The van der Waals surface area contributed by atoms with Gasteiger partial charge in [0.1, 0.15) is 6.10 Å². The van der Waals surface area contributed by atoms with Gasteiger partial charge in [0.2, 0.25) is 0 Å². The number of carbonyl (C=O) groups excluding carboxylic acids is 1. The average Bonchev–Trinajstić information content (AvgIpc) is 2.79. The molecule has 4 nitrogen and oxygen atoms in total. The third-order valence-corrected chi connectivity index (χ3v) is 3.88. The fourth-order valence-electron chi connectivity index (χ4n) is 2.37. The lowest BCUT2D eigenvalue weighted by Crippen LogP contribution is -2.24. The van der Waals surface area contributed by atoms with Crippen molar-refractivity contribution < 1.29 is 9.53 Å². The largest absolute Gasteiger partial charge is 0.444 e. The Kier molecular flexibility index (Phi) is 5.12. The molecule has 1 heterocycles. The van der Waals surface area contributed by atoms with Gasteiger partial charge in [0.15, 0.2) is 0 Å². The van der Waals surface area contributed by atoms with Gasteiger partial charge in [0, 0.05) is 5.69 Å². The summed E-state index contributed by atoms with van der Waals surface area (Å²) in [6.45, 7) is 2.77. The van der Waals surface area contributed by atoms with Crippen molar-refractivity contribution >= 4 is 29.1 Å². The number of rotatable bonds is 6. The SMILES string of the molecule is CCCCCCC1CN(c2ccc(N)c(Cl)c2)C(=O)O1. The maximum Gasteiger partial charge on any atom is 0.414 e. The van der Waals surface area contributed by atoms with E-state index in [1.807, 2.05) is 0 Å². The molecule has 1 fully saturated rings. The van der Waals surface area contributed by atoms with E-state index in [1.54, 1.807) is 23.1 Å². The molecule has 110 valence electrons. The molecule has 0 bridgehead atoms. The molecule has 1 atom stereocenters. The average molecular weight is 297 g/mol. The smallest absolute Gasteiger partial charge is 0.414 e. The quantitative estimate of drug-likeness (QED) is 0.631. The summed E-state index contributed by atoms with van der Waals surface area (Å²) in [5.41, 5.74) is 6.93. The standard InChI is InChI=1S/C15H21ClN2O2/c1-2-3-4-5-6-12-10-18(15(19)20-12)11-7-8-14(17)13(16)9-11/h7-9,12H,2-6,10,17H2,1H3. The van der Waals surface area contributed by atoms with Gasteiger partial charge in [0.25, 0.3) is 0 Å². The Hall–Kier alpha value is -1.42. The zero-order chi connectivity index (χ0) is 14.5. The second-order valence-corrected chi connectivity index (χ2v) is 5.58. The van der Waals surface area contributed by atoms with E-state index in [0.29, 0.717) is 17.3 Å². The van der Waals surface area contributed by atoms with Gasteiger partial charge < -0.3 is 10.5 Å². The molecule has 0 spiro atoms. The number of nitrogens with zero attached hydrogens (tertiary/aromatic N) is 1. The highest BCUT2D eigenvalue weighted by atomic mass is 35.5. The molecular weight excluding hydrogens is 276 g/mol. The minimum atomic E-state index is -0.300. The molecule has 1 aromatic carbocycles. The van der Waals surface area contributed by atoms with E-state index in [0.717, 1.165) is 18.5 Å². The molecule has 2 rings (SSSR count). The monoisotopic (exact) mass is 296 g/mol.